The van der Waals surface area contributed by atoms with E-state index in [1.807, 2.05) is 0 Å². The van der Waals surface area contributed by atoms with E-state index >= 15 is 0 Å². The van der Waals surface area contributed by atoms with Gasteiger partial charge in [0.2, 0.25) is 10.0 Å². The van der Waals surface area contributed by atoms with Gasteiger partial charge in [-0.05, 0) is 34.5 Å². The molecule has 21 heavy (non-hydrogen) atoms. The summed E-state index contributed by atoms with van der Waals surface area (Å²) in [6.45, 7) is 1.22. The molecule has 0 saturated heterocycles. The first-order valence-corrected chi connectivity index (χ1v) is 8.60. The Morgan fingerprint density at radius 1 is 1.48 bits per heavy atom. The van der Waals surface area contributed by atoms with Gasteiger partial charge in [-0.15, -0.1) is 0 Å². The largest absolute Gasteiger partial charge is 0.494 e. The van der Waals surface area contributed by atoms with Crippen LogP contribution in [-0.4, -0.2) is 44.0 Å². The topological polar surface area (TPSA) is 83.9 Å². The van der Waals surface area contributed by atoms with Crippen LogP contribution in [0.25, 0.3) is 0 Å². The highest BCUT2D eigenvalue weighted by molar-refractivity contribution is 9.10. The minimum absolute atomic E-state index is 0.0852. The summed E-state index contributed by atoms with van der Waals surface area (Å²) in [5.41, 5.74) is 0. The molecule has 0 aliphatic rings. The third-order valence-corrected chi connectivity index (χ3v) is 5.24. The van der Waals surface area contributed by atoms with Crippen molar-refractivity contribution in [2.24, 2.45) is 0 Å². The number of aliphatic carboxylic acids is 1. The van der Waals surface area contributed by atoms with E-state index in [0.717, 1.165) is 4.31 Å². The second kappa shape index (κ2) is 7.44. The zero-order valence-electron chi connectivity index (χ0n) is 11.5. The van der Waals surface area contributed by atoms with Crippen molar-refractivity contribution in [3.63, 3.8) is 0 Å². The van der Waals surface area contributed by atoms with Crippen molar-refractivity contribution in [2.75, 3.05) is 20.2 Å². The molecule has 1 aromatic carbocycles. The smallest absolute Gasteiger partial charge is 0.318 e. The van der Waals surface area contributed by atoms with Crippen molar-refractivity contribution < 1.29 is 23.1 Å². The Kier molecular flexibility index (Phi) is 6.45. The number of ether oxygens (including phenoxy) is 1. The zero-order chi connectivity index (χ0) is 16.2. The van der Waals surface area contributed by atoms with Crippen LogP contribution in [0.4, 0.5) is 0 Å². The third kappa shape index (κ3) is 4.32. The van der Waals surface area contributed by atoms with Gasteiger partial charge in [-0.2, -0.15) is 4.31 Å². The molecule has 0 bridgehead atoms. The van der Waals surface area contributed by atoms with Gasteiger partial charge in [0.15, 0.2) is 5.75 Å². The second-order valence-electron chi connectivity index (χ2n) is 4.15. The van der Waals surface area contributed by atoms with E-state index in [4.69, 9.17) is 21.4 Å². The summed E-state index contributed by atoms with van der Waals surface area (Å²) in [4.78, 5) is 10.7. The molecular formula is C12H15BrClNO5S. The van der Waals surface area contributed by atoms with Crippen LogP contribution in [-0.2, 0) is 14.8 Å². The molecule has 9 heteroatoms. The highest BCUT2D eigenvalue weighted by Crippen LogP contribution is 2.36. The summed E-state index contributed by atoms with van der Waals surface area (Å²) in [5.74, 6) is -1.14. The molecular weight excluding hydrogens is 386 g/mol. The molecule has 0 spiro atoms. The summed E-state index contributed by atoms with van der Waals surface area (Å²) in [6.07, 6.45) is 0.483. The number of hydrogen-bond acceptors (Lipinski definition) is 4. The number of halogens is 2. The molecule has 0 aliphatic heterocycles. The first kappa shape index (κ1) is 18.2. The SMILES string of the molecule is CCCN(CC(=O)O)S(=O)(=O)c1cc(Cl)cc(Br)c1OC. The third-order valence-electron chi connectivity index (χ3n) is 2.58. The molecule has 0 fully saturated rings. The van der Waals surface area contributed by atoms with Crippen LogP contribution in [0.15, 0.2) is 21.5 Å². The maximum atomic E-state index is 12.6. The molecule has 1 N–H and O–H groups in total. The standard InChI is InChI=1S/C12H15BrClNO5S/c1-3-4-15(7-11(16)17)21(18,19)10-6-8(14)5-9(13)12(10)20-2/h5-6H,3-4,7H2,1-2H3,(H,16,17). The fourth-order valence-electron chi connectivity index (χ4n) is 1.75. The van der Waals surface area contributed by atoms with E-state index < -0.39 is 22.5 Å². The molecule has 1 aromatic rings. The van der Waals surface area contributed by atoms with Crippen molar-refractivity contribution in [1.82, 2.24) is 4.31 Å². The van der Waals surface area contributed by atoms with E-state index in [1.54, 1.807) is 6.92 Å². The predicted octanol–water partition coefficient (Wildman–Crippen LogP) is 2.60. The fraction of sp³-hybridized carbons (Fsp3) is 0.417. The lowest BCUT2D eigenvalue weighted by Gasteiger charge is -2.21. The Bertz CT molecular complexity index is 635. The van der Waals surface area contributed by atoms with Crippen molar-refractivity contribution in [2.45, 2.75) is 18.2 Å². The highest BCUT2D eigenvalue weighted by atomic mass is 79.9. The van der Waals surface area contributed by atoms with Crippen LogP contribution >= 0.6 is 27.5 Å². The number of sulfonamides is 1. The lowest BCUT2D eigenvalue weighted by atomic mass is 10.3. The minimum Gasteiger partial charge on any atom is -0.494 e. The van der Waals surface area contributed by atoms with Gasteiger partial charge in [0.05, 0.1) is 11.6 Å². The summed E-state index contributed by atoms with van der Waals surface area (Å²) >= 11 is 9.07. The zero-order valence-corrected chi connectivity index (χ0v) is 14.6. The lowest BCUT2D eigenvalue weighted by molar-refractivity contribution is -0.137. The van der Waals surface area contributed by atoms with Gasteiger partial charge in [-0.3, -0.25) is 4.79 Å². The van der Waals surface area contributed by atoms with E-state index in [1.165, 1.54) is 19.2 Å². The molecule has 0 aromatic heterocycles. The number of nitrogens with zero attached hydrogens (tertiary/aromatic N) is 1. The fourth-order valence-corrected chi connectivity index (χ4v) is 4.60. The first-order valence-electron chi connectivity index (χ1n) is 5.99. The Labute approximate surface area is 136 Å². The summed E-state index contributed by atoms with van der Waals surface area (Å²) in [6, 6.07) is 2.74. The molecule has 0 amide bonds. The normalized spacial score (nSPS) is 11.7. The Hall–Kier alpha value is -0.830. The van der Waals surface area contributed by atoms with Crippen molar-refractivity contribution in [1.29, 1.82) is 0 Å². The molecule has 0 radical (unpaired) electrons. The molecule has 1 rings (SSSR count). The van der Waals surface area contributed by atoms with Crippen LogP contribution in [0, 0.1) is 0 Å². The van der Waals surface area contributed by atoms with Crippen molar-refractivity contribution in [3.8, 4) is 5.75 Å². The molecule has 0 atom stereocenters. The average Bonchev–Trinajstić information content (AvgIpc) is 2.36. The minimum atomic E-state index is -4.03. The molecule has 0 saturated carbocycles. The number of hydrogen-bond donors (Lipinski definition) is 1. The van der Waals surface area contributed by atoms with Gasteiger partial charge in [-0.25, -0.2) is 8.42 Å². The average molecular weight is 401 g/mol. The lowest BCUT2D eigenvalue weighted by Crippen LogP contribution is -2.36. The molecule has 0 unspecified atom stereocenters. The summed E-state index contributed by atoms with van der Waals surface area (Å²) < 4.78 is 31.6. The van der Waals surface area contributed by atoms with Gasteiger partial charge >= 0.3 is 5.97 Å². The first-order chi connectivity index (χ1) is 9.73. The second-order valence-corrected chi connectivity index (χ2v) is 7.35. The molecule has 0 aliphatic carbocycles. The highest BCUT2D eigenvalue weighted by Gasteiger charge is 2.30. The van der Waals surface area contributed by atoms with Crippen molar-refractivity contribution >= 4 is 43.5 Å². The van der Waals surface area contributed by atoms with Gasteiger partial charge in [0, 0.05) is 11.6 Å². The van der Waals surface area contributed by atoms with Crippen LogP contribution in [0.1, 0.15) is 13.3 Å². The van der Waals surface area contributed by atoms with E-state index in [-0.39, 0.29) is 22.2 Å². The Morgan fingerprint density at radius 3 is 2.57 bits per heavy atom. The monoisotopic (exact) mass is 399 g/mol. The number of carboxylic acid groups (broad SMARTS) is 1. The number of methoxy groups -OCH3 is 1. The summed E-state index contributed by atoms with van der Waals surface area (Å²) in [7, 11) is -2.71. The van der Waals surface area contributed by atoms with Crippen LogP contribution in [0.3, 0.4) is 0 Å². The quantitative estimate of drug-likeness (QED) is 0.760. The van der Waals surface area contributed by atoms with Crippen molar-refractivity contribution in [3.05, 3.63) is 21.6 Å². The van der Waals surface area contributed by atoms with Crippen LogP contribution in [0.5, 0.6) is 5.75 Å². The Morgan fingerprint density at radius 2 is 2.10 bits per heavy atom. The van der Waals surface area contributed by atoms with Gasteiger partial charge in [0.1, 0.15) is 11.4 Å². The number of carbonyl (C=O) groups is 1. The number of benzene rings is 1. The van der Waals surface area contributed by atoms with E-state index in [9.17, 15) is 13.2 Å². The van der Waals surface area contributed by atoms with Gasteiger partial charge in [0.25, 0.3) is 0 Å². The van der Waals surface area contributed by atoms with E-state index in [2.05, 4.69) is 15.9 Å². The van der Waals surface area contributed by atoms with E-state index in [0.29, 0.717) is 10.9 Å². The van der Waals surface area contributed by atoms with Gasteiger partial charge < -0.3 is 9.84 Å². The molecule has 0 heterocycles. The Balaban J connectivity index is 3.43. The number of carboxylic acids is 1. The molecule has 118 valence electrons. The molecule has 6 nitrogen and oxygen atoms in total. The maximum Gasteiger partial charge on any atom is 0.318 e. The predicted molar refractivity (Wildman–Crippen MR) is 82.4 cm³/mol. The maximum absolute atomic E-state index is 12.6. The summed E-state index contributed by atoms with van der Waals surface area (Å²) in [5, 5.41) is 9.09. The van der Waals surface area contributed by atoms with Crippen LogP contribution < -0.4 is 4.74 Å². The number of rotatable bonds is 7. The van der Waals surface area contributed by atoms with Crippen LogP contribution in [0.2, 0.25) is 5.02 Å². The van der Waals surface area contributed by atoms with Gasteiger partial charge in [-0.1, -0.05) is 18.5 Å².